The molecule has 4 heterocycles. The van der Waals surface area contributed by atoms with Crippen molar-refractivity contribution in [3.8, 4) is 0 Å². The predicted molar refractivity (Wildman–Crippen MR) is 129 cm³/mol. The maximum atomic E-state index is 13.8. The quantitative estimate of drug-likeness (QED) is 0.652. The molecule has 0 aliphatic carbocycles. The molecule has 176 valence electrons. The van der Waals surface area contributed by atoms with Gasteiger partial charge < -0.3 is 19.5 Å². The highest BCUT2D eigenvalue weighted by Crippen LogP contribution is 2.43. The molecule has 2 amide bonds. The lowest BCUT2D eigenvalue weighted by atomic mass is 9.85. The van der Waals surface area contributed by atoms with Crippen LogP contribution in [0, 0.1) is 6.92 Å². The normalized spacial score (nSPS) is 23.3. The first-order valence-corrected chi connectivity index (χ1v) is 12.2. The van der Waals surface area contributed by atoms with E-state index in [9.17, 15) is 9.59 Å². The number of aromatic nitrogens is 1. The molecule has 0 bridgehead atoms. The van der Waals surface area contributed by atoms with Crippen molar-refractivity contribution in [1.29, 1.82) is 0 Å². The lowest BCUT2D eigenvalue weighted by Crippen LogP contribution is -2.63. The number of nitrogens with one attached hydrogen (secondary N) is 1. The summed E-state index contributed by atoms with van der Waals surface area (Å²) in [6, 6.07) is 15.6. The maximum Gasteiger partial charge on any atom is 0.246 e. The number of rotatable bonds is 4. The number of amides is 2. The van der Waals surface area contributed by atoms with E-state index in [0.29, 0.717) is 13.0 Å². The number of H-pyrrole nitrogens is 1. The van der Waals surface area contributed by atoms with Gasteiger partial charge in [-0.1, -0.05) is 42.5 Å². The van der Waals surface area contributed by atoms with Crippen LogP contribution in [0.1, 0.15) is 28.4 Å². The van der Waals surface area contributed by atoms with Gasteiger partial charge in [0.15, 0.2) is 0 Å². The summed E-state index contributed by atoms with van der Waals surface area (Å²) in [6.45, 7) is 6.76. The number of aryl methyl sites for hydroxylation is 1. The number of fused-ring (bicyclic) bond motifs is 4. The highest BCUT2D eigenvalue weighted by Gasteiger charge is 2.48. The fourth-order valence-electron chi connectivity index (χ4n) is 5.82. The minimum Gasteiger partial charge on any atom is -0.379 e. The minimum atomic E-state index is -0.484. The van der Waals surface area contributed by atoms with Gasteiger partial charge in [-0.2, -0.15) is 0 Å². The van der Waals surface area contributed by atoms with E-state index in [1.54, 1.807) is 4.90 Å². The Bertz CT molecular complexity index is 1250. The molecule has 2 aromatic carbocycles. The van der Waals surface area contributed by atoms with Crippen molar-refractivity contribution in [2.75, 3.05) is 45.9 Å². The molecule has 2 saturated heterocycles. The number of nitrogens with zero attached hydrogens (tertiary/aromatic N) is 3. The van der Waals surface area contributed by atoms with Gasteiger partial charge in [0.1, 0.15) is 6.04 Å². The smallest absolute Gasteiger partial charge is 0.246 e. The fraction of sp³-hybridized carbons (Fsp3) is 0.407. The number of carbonyl (C=O) groups excluding carboxylic acids is 2. The van der Waals surface area contributed by atoms with Gasteiger partial charge in [0, 0.05) is 49.2 Å². The van der Waals surface area contributed by atoms with Crippen LogP contribution >= 0.6 is 0 Å². The first-order chi connectivity index (χ1) is 16.6. The van der Waals surface area contributed by atoms with E-state index in [2.05, 4.69) is 41.1 Å². The Morgan fingerprint density at radius 3 is 2.59 bits per heavy atom. The van der Waals surface area contributed by atoms with Crippen LogP contribution in [-0.4, -0.2) is 83.5 Å². The summed E-state index contributed by atoms with van der Waals surface area (Å²) in [5.74, 6) is 0.0755. The number of para-hydroxylation sites is 1. The van der Waals surface area contributed by atoms with E-state index >= 15 is 0 Å². The monoisotopic (exact) mass is 458 g/mol. The highest BCUT2D eigenvalue weighted by molar-refractivity contribution is 5.97. The number of aromatic amines is 1. The van der Waals surface area contributed by atoms with Gasteiger partial charge in [-0.15, -0.1) is 0 Å². The summed E-state index contributed by atoms with van der Waals surface area (Å²) in [5, 5.41) is 1.14. The summed E-state index contributed by atoms with van der Waals surface area (Å²) in [4.78, 5) is 37.0. The summed E-state index contributed by atoms with van der Waals surface area (Å²) in [6.07, 6.45) is 0.542. The third-order valence-corrected chi connectivity index (χ3v) is 7.62. The minimum absolute atomic E-state index is 0.0177. The van der Waals surface area contributed by atoms with E-state index < -0.39 is 6.04 Å². The van der Waals surface area contributed by atoms with Crippen LogP contribution in [0.5, 0.6) is 0 Å². The zero-order valence-electron chi connectivity index (χ0n) is 19.5. The molecule has 3 aliphatic rings. The van der Waals surface area contributed by atoms with Crippen LogP contribution in [0.15, 0.2) is 48.5 Å². The molecular weight excluding hydrogens is 428 g/mol. The molecule has 6 rings (SSSR count). The van der Waals surface area contributed by atoms with Crippen LogP contribution in [0.2, 0.25) is 0 Å². The van der Waals surface area contributed by atoms with Crippen molar-refractivity contribution in [3.63, 3.8) is 0 Å². The molecule has 7 nitrogen and oxygen atoms in total. The summed E-state index contributed by atoms with van der Waals surface area (Å²) >= 11 is 0. The molecule has 1 N–H and O–H groups in total. The van der Waals surface area contributed by atoms with E-state index in [0.717, 1.165) is 66.1 Å². The Morgan fingerprint density at radius 1 is 1.00 bits per heavy atom. The highest BCUT2D eigenvalue weighted by atomic mass is 16.5. The van der Waals surface area contributed by atoms with Crippen LogP contribution in [-0.2, 0) is 20.7 Å². The predicted octanol–water partition coefficient (Wildman–Crippen LogP) is 2.49. The van der Waals surface area contributed by atoms with Crippen molar-refractivity contribution in [3.05, 3.63) is 70.9 Å². The van der Waals surface area contributed by atoms with Gasteiger partial charge in [0.25, 0.3) is 0 Å². The Hall–Kier alpha value is -3.16. The standard InChI is InChI=1S/C27H30N4O3/c1-18-6-2-3-7-19(18)26-25-21(20-8-4-5-9-22(20)28-25)16-23-27(33)30(17-24(32)31(23)26)11-10-29-12-14-34-15-13-29/h2-9,23,26,28H,10-17H2,1H3. The van der Waals surface area contributed by atoms with Crippen molar-refractivity contribution in [1.82, 2.24) is 19.7 Å². The van der Waals surface area contributed by atoms with Gasteiger partial charge in [-0.25, -0.2) is 0 Å². The number of piperazine rings is 1. The second-order valence-electron chi connectivity index (χ2n) is 9.56. The van der Waals surface area contributed by atoms with Crippen molar-refractivity contribution in [2.24, 2.45) is 0 Å². The number of hydrogen-bond acceptors (Lipinski definition) is 4. The molecule has 0 saturated carbocycles. The summed E-state index contributed by atoms with van der Waals surface area (Å²) in [5.41, 5.74) is 5.43. The van der Waals surface area contributed by atoms with Crippen molar-refractivity contribution in [2.45, 2.75) is 25.4 Å². The van der Waals surface area contributed by atoms with Gasteiger partial charge in [-0.05, 0) is 29.7 Å². The Morgan fingerprint density at radius 2 is 1.76 bits per heavy atom. The number of carbonyl (C=O) groups is 2. The zero-order chi connectivity index (χ0) is 23.2. The summed E-state index contributed by atoms with van der Waals surface area (Å²) < 4.78 is 5.44. The first-order valence-electron chi connectivity index (χ1n) is 12.2. The lowest BCUT2D eigenvalue weighted by Gasteiger charge is -2.47. The molecule has 7 heteroatoms. The van der Waals surface area contributed by atoms with E-state index in [1.807, 2.05) is 29.2 Å². The van der Waals surface area contributed by atoms with E-state index in [-0.39, 0.29) is 24.4 Å². The molecular formula is C27H30N4O3. The molecule has 3 aliphatic heterocycles. The number of hydrogen-bond donors (Lipinski definition) is 1. The molecule has 0 radical (unpaired) electrons. The topological polar surface area (TPSA) is 68.9 Å². The molecule has 2 unspecified atom stereocenters. The van der Waals surface area contributed by atoms with Gasteiger partial charge >= 0.3 is 0 Å². The van der Waals surface area contributed by atoms with Gasteiger partial charge in [-0.3, -0.25) is 14.5 Å². The molecule has 34 heavy (non-hydrogen) atoms. The van der Waals surface area contributed by atoms with E-state index in [1.165, 1.54) is 0 Å². The number of morpholine rings is 1. The molecule has 3 aromatic rings. The zero-order valence-corrected chi connectivity index (χ0v) is 19.5. The van der Waals surface area contributed by atoms with Gasteiger partial charge in [0.2, 0.25) is 11.8 Å². The van der Waals surface area contributed by atoms with Crippen molar-refractivity contribution < 1.29 is 14.3 Å². The van der Waals surface area contributed by atoms with Crippen LogP contribution in [0.3, 0.4) is 0 Å². The Balaban J connectivity index is 1.38. The first kappa shape index (κ1) is 21.4. The largest absolute Gasteiger partial charge is 0.379 e. The third-order valence-electron chi connectivity index (χ3n) is 7.62. The molecule has 2 fully saturated rings. The van der Waals surface area contributed by atoms with Crippen LogP contribution in [0.4, 0.5) is 0 Å². The van der Waals surface area contributed by atoms with Crippen molar-refractivity contribution >= 4 is 22.7 Å². The number of benzene rings is 2. The number of ether oxygens (including phenoxy) is 1. The third kappa shape index (κ3) is 3.51. The Labute approximate surface area is 199 Å². The average molecular weight is 459 g/mol. The SMILES string of the molecule is Cc1ccccc1C1c2[nH]c3ccccc3c2CC2C(=O)N(CCN3CCOCC3)CC(=O)N21. The van der Waals surface area contributed by atoms with Gasteiger partial charge in [0.05, 0.1) is 25.8 Å². The average Bonchev–Trinajstić information content (AvgIpc) is 3.24. The second kappa shape index (κ2) is 8.56. The summed E-state index contributed by atoms with van der Waals surface area (Å²) in [7, 11) is 0. The van der Waals surface area contributed by atoms with E-state index in [4.69, 9.17) is 4.74 Å². The molecule has 1 aromatic heterocycles. The maximum absolute atomic E-state index is 13.8. The fourth-order valence-corrected chi connectivity index (χ4v) is 5.82. The van der Waals surface area contributed by atoms with Crippen LogP contribution < -0.4 is 0 Å². The molecule has 2 atom stereocenters. The second-order valence-corrected chi connectivity index (χ2v) is 9.56. The van der Waals surface area contributed by atoms with Crippen LogP contribution in [0.25, 0.3) is 10.9 Å². The molecule has 0 spiro atoms. The Kier molecular flexibility index (Phi) is 5.38. The lowest BCUT2D eigenvalue weighted by molar-refractivity contribution is -0.158.